The Morgan fingerprint density at radius 3 is 2.47 bits per heavy atom. The second kappa shape index (κ2) is 4.22. The fourth-order valence-corrected chi connectivity index (χ4v) is 4.18. The fourth-order valence-electron chi connectivity index (χ4n) is 2.51. The summed E-state index contributed by atoms with van der Waals surface area (Å²) in [5.41, 5.74) is 2.55. The lowest BCUT2D eigenvalue weighted by Crippen LogP contribution is -2.22. The van der Waals surface area contributed by atoms with E-state index in [1.165, 1.54) is 0 Å². The van der Waals surface area contributed by atoms with Gasteiger partial charge in [0.05, 0.1) is 5.30 Å². The van der Waals surface area contributed by atoms with Crippen molar-refractivity contribution in [1.82, 2.24) is 0 Å². The van der Waals surface area contributed by atoms with E-state index < -0.39 is 7.60 Å². The van der Waals surface area contributed by atoms with Crippen molar-refractivity contribution in [2.45, 2.75) is 19.8 Å². The summed E-state index contributed by atoms with van der Waals surface area (Å²) in [5, 5.41) is 0.448. The maximum Gasteiger partial charge on any atom is 0.409 e. The molecular weight excluding hydrogens is 259 g/mol. The fraction of sp³-hybridized carbons (Fsp3) is 0.200. The molecule has 0 saturated heterocycles. The lowest BCUT2D eigenvalue weighted by Gasteiger charge is -2.27. The van der Waals surface area contributed by atoms with Gasteiger partial charge in [-0.05, 0) is 17.5 Å². The Morgan fingerprint density at radius 1 is 1.05 bits per heavy atom. The molecule has 0 fully saturated rings. The Balaban J connectivity index is 2.38. The minimum atomic E-state index is -3.80. The van der Waals surface area contributed by atoms with Crippen LogP contribution in [0.5, 0.6) is 5.75 Å². The number of hydrogen-bond donors (Lipinski definition) is 1. The van der Waals surface area contributed by atoms with E-state index >= 15 is 0 Å². The van der Waals surface area contributed by atoms with Gasteiger partial charge < -0.3 is 9.42 Å². The molecule has 0 amide bonds. The van der Waals surface area contributed by atoms with E-state index in [0.29, 0.717) is 11.1 Å². The SMILES string of the molecule is CC(C)c1cccc2c1P(=O)(O)Oc1ccccc1-2. The summed E-state index contributed by atoms with van der Waals surface area (Å²) in [4.78, 5) is 10.2. The van der Waals surface area contributed by atoms with Gasteiger partial charge in [-0.15, -0.1) is 0 Å². The van der Waals surface area contributed by atoms with Gasteiger partial charge in [-0.25, -0.2) is 4.57 Å². The highest BCUT2D eigenvalue weighted by Crippen LogP contribution is 2.52. The molecule has 1 heterocycles. The highest BCUT2D eigenvalue weighted by atomic mass is 31.2. The molecule has 3 rings (SSSR count). The Kier molecular flexibility index (Phi) is 2.77. The van der Waals surface area contributed by atoms with E-state index in [0.717, 1.165) is 16.7 Å². The number of para-hydroxylation sites is 1. The van der Waals surface area contributed by atoms with E-state index in [9.17, 15) is 9.46 Å². The molecule has 0 saturated carbocycles. The van der Waals surface area contributed by atoms with Crippen LogP contribution >= 0.6 is 7.60 Å². The highest BCUT2D eigenvalue weighted by Gasteiger charge is 2.36. The smallest absolute Gasteiger partial charge is 0.409 e. The molecule has 0 aromatic heterocycles. The first-order valence-electron chi connectivity index (χ1n) is 6.26. The molecule has 1 N–H and O–H groups in total. The maximum atomic E-state index is 12.5. The van der Waals surface area contributed by atoms with Gasteiger partial charge in [0, 0.05) is 11.1 Å². The summed E-state index contributed by atoms with van der Waals surface area (Å²) >= 11 is 0. The zero-order valence-corrected chi connectivity index (χ0v) is 11.7. The van der Waals surface area contributed by atoms with Crippen molar-refractivity contribution in [2.24, 2.45) is 0 Å². The van der Waals surface area contributed by atoms with Crippen LogP contribution in [0.25, 0.3) is 11.1 Å². The molecule has 0 spiro atoms. The van der Waals surface area contributed by atoms with Gasteiger partial charge in [0.2, 0.25) is 0 Å². The van der Waals surface area contributed by atoms with Gasteiger partial charge in [0.1, 0.15) is 5.75 Å². The number of fused-ring (bicyclic) bond motifs is 3. The summed E-state index contributed by atoms with van der Waals surface area (Å²) < 4.78 is 17.8. The second-order valence-electron chi connectivity index (χ2n) is 5.01. The van der Waals surface area contributed by atoms with Gasteiger partial charge in [-0.1, -0.05) is 50.2 Å². The molecule has 0 aliphatic carbocycles. The van der Waals surface area contributed by atoms with Gasteiger partial charge in [-0.3, -0.25) is 0 Å². The van der Waals surface area contributed by atoms with Gasteiger partial charge in [-0.2, -0.15) is 0 Å². The monoisotopic (exact) mass is 274 g/mol. The minimum Gasteiger partial charge on any atom is -0.421 e. The molecule has 3 nitrogen and oxygen atoms in total. The quantitative estimate of drug-likeness (QED) is 0.807. The summed E-state index contributed by atoms with van der Waals surface area (Å²) in [7, 11) is -3.80. The Hall–Kier alpha value is -1.57. The standard InChI is InChI=1S/C15H15O3P/c1-10(2)11-7-5-8-13-12-6-3-4-9-14(12)18-19(16,17)15(11)13/h3-10H,1-2H3,(H,16,17). The zero-order valence-electron chi connectivity index (χ0n) is 10.8. The molecule has 2 aromatic rings. The Labute approximate surface area is 112 Å². The molecule has 98 valence electrons. The average Bonchev–Trinajstić information content (AvgIpc) is 2.37. The second-order valence-corrected chi connectivity index (χ2v) is 6.68. The molecule has 4 heteroatoms. The largest absolute Gasteiger partial charge is 0.421 e. The molecule has 2 aromatic carbocycles. The Morgan fingerprint density at radius 2 is 1.74 bits per heavy atom. The third-order valence-electron chi connectivity index (χ3n) is 3.37. The number of rotatable bonds is 1. The highest BCUT2D eigenvalue weighted by molar-refractivity contribution is 7.62. The predicted octanol–water partition coefficient (Wildman–Crippen LogP) is 3.68. The van der Waals surface area contributed by atoms with Crippen LogP contribution in [0.1, 0.15) is 25.3 Å². The van der Waals surface area contributed by atoms with E-state index in [1.54, 1.807) is 12.1 Å². The van der Waals surface area contributed by atoms with Crippen LogP contribution in [-0.2, 0) is 4.57 Å². The van der Waals surface area contributed by atoms with Gasteiger partial charge in [0.15, 0.2) is 0 Å². The third kappa shape index (κ3) is 1.90. The first-order valence-corrected chi connectivity index (χ1v) is 7.84. The number of benzene rings is 2. The summed E-state index contributed by atoms with van der Waals surface area (Å²) in [5.74, 6) is 0.644. The topological polar surface area (TPSA) is 46.5 Å². The molecular formula is C15H15O3P. The first kappa shape index (κ1) is 12.5. The van der Waals surface area contributed by atoms with Gasteiger partial charge in [0.25, 0.3) is 0 Å². The molecule has 0 radical (unpaired) electrons. The molecule has 1 aliphatic rings. The van der Waals surface area contributed by atoms with E-state index in [4.69, 9.17) is 4.52 Å². The molecule has 1 aliphatic heterocycles. The summed E-state index contributed by atoms with van der Waals surface area (Å²) in [6.45, 7) is 4.02. The van der Waals surface area contributed by atoms with Crippen molar-refractivity contribution < 1.29 is 14.0 Å². The summed E-state index contributed by atoms with van der Waals surface area (Å²) in [6, 6.07) is 13.0. The van der Waals surface area contributed by atoms with Crippen LogP contribution in [0.4, 0.5) is 0 Å². The van der Waals surface area contributed by atoms with E-state index in [-0.39, 0.29) is 5.92 Å². The van der Waals surface area contributed by atoms with Crippen LogP contribution < -0.4 is 9.83 Å². The van der Waals surface area contributed by atoms with Crippen LogP contribution in [0.2, 0.25) is 0 Å². The van der Waals surface area contributed by atoms with Crippen LogP contribution in [0.15, 0.2) is 42.5 Å². The summed E-state index contributed by atoms with van der Waals surface area (Å²) in [6.07, 6.45) is 0. The lowest BCUT2D eigenvalue weighted by molar-refractivity contribution is 0.392. The molecule has 1 atom stereocenters. The van der Waals surface area contributed by atoms with E-state index in [2.05, 4.69) is 0 Å². The third-order valence-corrected chi connectivity index (χ3v) is 4.88. The Bertz CT molecular complexity index is 692. The average molecular weight is 274 g/mol. The maximum absolute atomic E-state index is 12.5. The normalized spacial score (nSPS) is 20.6. The first-order chi connectivity index (χ1) is 9.00. The van der Waals surface area contributed by atoms with Crippen molar-refractivity contribution >= 4 is 12.9 Å². The van der Waals surface area contributed by atoms with Gasteiger partial charge >= 0.3 is 7.60 Å². The van der Waals surface area contributed by atoms with Crippen LogP contribution in [0, 0.1) is 0 Å². The van der Waals surface area contributed by atoms with E-state index in [1.807, 2.05) is 44.2 Å². The van der Waals surface area contributed by atoms with Crippen molar-refractivity contribution in [1.29, 1.82) is 0 Å². The van der Waals surface area contributed by atoms with Crippen LogP contribution in [0.3, 0.4) is 0 Å². The van der Waals surface area contributed by atoms with Crippen LogP contribution in [-0.4, -0.2) is 4.89 Å². The lowest BCUT2D eigenvalue weighted by atomic mass is 9.96. The van der Waals surface area contributed by atoms with Crippen molar-refractivity contribution in [2.75, 3.05) is 0 Å². The van der Waals surface area contributed by atoms with Crippen molar-refractivity contribution in [3.8, 4) is 16.9 Å². The molecule has 0 bridgehead atoms. The van der Waals surface area contributed by atoms with Crippen molar-refractivity contribution in [3.05, 3.63) is 48.0 Å². The zero-order chi connectivity index (χ0) is 13.6. The predicted molar refractivity (Wildman–Crippen MR) is 76.1 cm³/mol. The van der Waals surface area contributed by atoms with Crippen molar-refractivity contribution in [3.63, 3.8) is 0 Å². The molecule has 19 heavy (non-hydrogen) atoms. The molecule has 1 unspecified atom stereocenters. The number of hydrogen-bond acceptors (Lipinski definition) is 2. The minimum absolute atomic E-state index is 0.171.